The minimum atomic E-state index is -4.81. The molecule has 0 aromatic carbocycles. The number of carbonyl (C=O) groups is 1. The van der Waals surface area contributed by atoms with E-state index in [4.69, 9.17) is 5.73 Å². The van der Waals surface area contributed by atoms with Crippen LogP contribution in [0.25, 0.3) is 0 Å². The molecule has 0 saturated carbocycles. The molecule has 2 N–H and O–H groups in total. The van der Waals surface area contributed by atoms with Gasteiger partial charge in [0.15, 0.2) is 12.0 Å². The molecule has 0 amide bonds. The van der Waals surface area contributed by atoms with E-state index in [9.17, 15) is 18.0 Å². The van der Waals surface area contributed by atoms with E-state index < -0.39 is 12.1 Å². The summed E-state index contributed by atoms with van der Waals surface area (Å²) in [5.41, 5.74) is 5.63. The molecule has 0 aliphatic rings. The van der Waals surface area contributed by atoms with Gasteiger partial charge in [-0.1, -0.05) is 0 Å². The zero-order valence-corrected chi connectivity index (χ0v) is 8.34. The van der Waals surface area contributed by atoms with Crippen LogP contribution >= 0.6 is 0 Å². The fraction of sp³-hybridized carbons (Fsp3) is 0.333. The highest BCUT2D eigenvalue weighted by molar-refractivity contribution is 5.80. The zero-order chi connectivity index (χ0) is 12.3. The van der Waals surface area contributed by atoms with Crippen molar-refractivity contribution in [2.45, 2.75) is 19.8 Å². The smallest absolute Gasteiger partial charge is 0.404 e. The third-order valence-electron chi connectivity index (χ3n) is 1.96. The van der Waals surface area contributed by atoms with Crippen LogP contribution in [0.5, 0.6) is 5.75 Å². The highest BCUT2D eigenvalue weighted by atomic mass is 19.4. The Morgan fingerprint density at radius 2 is 2.19 bits per heavy atom. The van der Waals surface area contributed by atoms with Crippen LogP contribution in [0.2, 0.25) is 0 Å². The van der Waals surface area contributed by atoms with Crippen LogP contribution in [0, 0.1) is 6.92 Å². The largest absolute Gasteiger partial charge is 0.573 e. The van der Waals surface area contributed by atoms with Crippen molar-refractivity contribution in [2.75, 3.05) is 0 Å². The lowest BCUT2D eigenvalue weighted by Crippen LogP contribution is -2.19. The minimum absolute atomic E-state index is 0.0266. The van der Waals surface area contributed by atoms with Gasteiger partial charge in [0.2, 0.25) is 0 Å². The SMILES string of the molecule is Cc1c(OC(F)(F)F)cnc(CN)c1C=O. The predicted octanol–water partition coefficient (Wildman–Crippen LogP) is 1.56. The van der Waals surface area contributed by atoms with E-state index in [1.165, 1.54) is 6.92 Å². The molecular weight excluding hydrogens is 225 g/mol. The molecule has 0 bridgehead atoms. The molecule has 0 unspecified atom stereocenters. The molecule has 0 saturated heterocycles. The van der Waals surface area contributed by atoms with Crippen LogP contribution in [0.1, 0.15) is 21.6 Å². The number of hydrogen-bond donors (Lipinski definition) is 1. The number of carbonyl (C=O) groups excluding carboxylic acids is 1. The van der Waals surface area contributed by atoms with Gasteiger partial charge in [-0.2, -0.15) is 0 Å². The number of nitrogens with two attached hydrogens (primary N) is 1. The van der Waals surface area contributed by atoms with Crippen molar-refractivity contribution < 1.29 is 22.7 Å². The average molecular weight is 234 g/mol. The Morgan fingerprint density at radius 1 is 1.56 bits per heavy atom. The Bertz CT molecular complexity index is 404. The van der Waals surface area contributed by atoms with Gasteiger partial charge in [-0.3, -0.25) is 9.78 Å². The van der Waals surface area contributed by atoms with Crippen LogP contribution < -0.4 is 10.5 Å². The third-order valence-corrected chi connectivity index (χ3v) is 1.96. The Kier molecular flexibility index (Phi) is 3.48. The number of alkyl halides is 3. The number of pyridine rings is 1. The number of aromatic nitrogens is 1. The summed E-state index contributed by atoms with van der Waals surface area (Å²) in [6, 6.07) is 0. The molecule has 1 heterocycles. The number of nitrogens with zero attached hydrogens (tertiary/aromatic N) is 1. The first-order valence-electron chi connectivity index (χ1n) is 4.28. The van der Waals surface area contributed by atoms with E-state index in [-0.39, 0.29) is 23.4 Å². The van der Waals surface area contributed by atoms with Gasteiger partial charge in [-0.25, -0.2) is 0 Å². The van der Waals surface area contributed by atoms with Gasteiger partial charge in [0.05, 0.1) is 11.9 Å². The molecule has 0 atom stereocenters. The van der Waals surface area contributed by atoms with Crippen molar-refractivity contribution in [3.05, 3.63) is 23.0 Å². The van der Waals surface area contributed by atoms with E-state index >= 15 is 0 Å². The number of halogens is 3. The topological polar surface area (TPSA) is 65.2 Å². The molecule has 0 aliphatic carbocycles. The summed E-state index contributed by atoms with van der Waals surface area (Å²) in [6.45, 7) is 1.31. The molecule has 0 radical (unpaired) electrons. The number of aldehydes is 1. The van der Waals surface area contributed by atoms with Gasteiger partial charge in [0.25, 0.3) is 0 Å². The minimum Gasteiger partial charge on any atom is -0.404 e. The van der Waals surface area contributed by atoms with Crippen LogP contribution in [0.3, 0.4) is 0 Å². The van der Waals surface area contributed by atoms with E-state index in [0.717, 1.165) is 6.20 Å². The highest BCUT2D eigenvalue weighted by Gasteiger charge is 2.32. The normalized spacial score (nSPS) is 11.3. The third kappa shape index (κ3) is 2.69. The Labute approximate surface area is 89.2 Å². The van der Waals surface area contributed by atoms with E-state index in [1.807, 2.05) is 0 Å². The first kappa shape index (κ1) is 12.4. The molecular formula is C9H9F3N2O2. The Morgan fingerprint density at radius 3 is 2.62 bits per heavy atom. The predicted molar refractivity (Wildman–Crippen MR) is 48.9 cm³/mol. The molecule has 16 heavy (non-hydrogen) atoms. The average Bonchev–Trinajstić information content (AvgIpc) is 2.19. The molecule has 88 valence electrons. The van der Waals surface area contributed by atoms with Gasteiger partial charge >= 0.3 is 6.36 Å². The van der Waals surface area contributed by atoms with E-state index in [0.29, 0.717) is 6.29 Å². The molecule has 0 spiro atoms. The van der Waals surface area contributed by atoms with Gasteiger partial charge in [-0.15, -0.1) is 13.2 Å². The second-order valence-electron chi connectivity index (χ2n) is 2.98. The molecule has 1 rings (SSSR count). The summed E-state index contributed by atoms with van der Waals surface area (Å²) in [7, 11) is 0. The maximum absolute atomic E-state index is 12.0. The monoisotopic (exact) mass is 234 g/mol. The fourth-order valence-electron chi connectivity index (χ4n) is 1.20. The quantitative estimate of drug-likeness (QED) is 0.806. The number of rotatable bonds is 3. The second-order valence-corrected chi connectivity index (χ2v) is 2.98. The molecule has 1 aromatic heterocycles. The maximum Gasteiger partial charge on any atom is 0.573 e. The second kappa shape index (κ2) is 4.48. The van der Waals surface area contributed by atoms with Crippen molar-refractivity contribution in [1.82, 2.24) is 4.98 Å². The number of ether oxygens (including phenoxy) is 1. The Balaban J connectivity index is 3.19. The first-order chi connectivity index (χ1) is 7.39. The van der Waals surface area contributed by atoms with E-state index in [1.54, 1.807) is 0 Å². The summed E-state index contributed by atoms with van der Waals surface area (Å²) < 4.78 is 39.6. The molecule has 7 heteroatoms. The van der Waals surface area contributed by atoms with Gasteiger partial charge in [0.1, 0.15) is 0 Å². The molecule has 1 aromatic rings. The molecule has 0 aliphatic heterocycles. The van der Waals surface area contributed by atoms with Crippen LogP contribution in [0.15, 0.2) is 6.20 Å². The van der Waals surface area contributed by atoms with Crippen LogP contribution in [0.4, 0.5) is 13.2 Å². The summed E-state index contributed by atoms with van der Waals surface area (Å²) in [5.74, 6) is -0.494. The lowest BCUT2D eigenvalue weighted by Gasteiger charge is -2.13. The van der Waals surface area contributed by atoms with Gasteiger partial charge < -0.3 is 10.5 Å². The molecule has 0 fully saturated rings. The van der Waals surface area contributed by atoms with Crippen molar-refractivity contribution >= 4 is 6.29 Å². The lowest BCUT2D eigenvalue weighted by molar-refractivity contribution is -0.275. The lowest BCUT2D eigenvalue weighted by atomic mass is 10.1. The van der Waals surface area contributed by atoms with Gasteiger partial charge in [-0.05, 0) is 6.92 Å². The van der Waals surface area contributed by atoms with Crippen LogP contribution in [-0.4, -0.2) is 17.6 Å². The van der Waals surface area contributed by atoms with Crippen molar-refractivity contribution in [2.24, 2.45) is 5.73 Å². The summed E-state index contributed by atoms with van der Waals surface area (Å²) in [5, 5.41) is 0. The van der Waals surface area contributed by atoms with Crippen molar-refractivity contribution in [3.63, 3.8) is 0 Å². The summed E-state index contributed by atoms with van der Waals surface area (Å²) in [4.78, 5) is 14.3. The van der Waals surface area contributed by atoms with Crippen molar-refractivity contribution in [3.8, 4) is 5.75 Å². The van der Waals surface area contributed by atoms with Crippen molar-refractivity contribution in [1.29, 1.82) is 0 Å². The van der Waals surface area contributed by atoms with Crippen LogP contribution in [-0.2, 0) is 6.54 Å². The maximum atomic E-state index is 12.0. The summed E-state index contributed by atoms with van der Waals surface area (Å²) >= 11 is 0. The summed E-state index contributed by atoms with van der Waals surface area (Å²) in [6.07, 6.45) is -3.50. The molecule has 4 nitrogen and oxygen atoms in total. The van der Waals surface area contributed by atoms with E-state index in [2.05, 4.69) is 9.72 Å². The highest BCUT2D eigenvalue weighted by Crippen LogP contribution is 2.27. The fourth-order valence-corrected chi connectivity index (χ4v) is 1.20. The standard InChI is InChI=1S/C9H9F3N2O2/c1-5-6(4-15)7(2-13)14-3-8(5)16-9(10,11)12/h3-4H,2,13H2,1H3. The first-order valence-corrected chi connectivity index (χ1v) is 4.28. The number of hydrogen-bond acceptors (Lipinski definition) is 4. The zero-order valence-electron chi connectivity index (χ0n) is 8.34. The Hall–Kier alpha value is -1.63. The van der Waals surface area contributed by atoms with Gasteiger partial charge in [0, 0.05) is 17.7 Å².